The first-order chi connectivity index (χ1) is 7.71. The highest BCUT2D eigenvalue weighted by Gasteiger charge is 2.44. The molecule has 3 rings (SSSR count). The Kier molecular flexibility index (Phi) is 2.32. The molecule has 1 aromatic rings. The van der Waals surface area contributed by atoms with Crippen molar-refractivity contribution in [2.45, 2.75) is 56.4 Å². The van der Waals surface area contributed by atoms with Gasteiger partial charge in [0.25, 0.3) is 0 Å². The minimum absolute atomic E-state index is 0.0267. The van der Waals surface area contributed by atoms with Crippen molar-refractivity contribution in [1.29, 1.82) is 0 Å². The Hall–Kier alpha value is -0.830. The molecule has 0 saturated heterocycles. The van der Waals surface area contributed by atoms with Gasteiger partial charge in [0.05, 0.1) is 6.20 Å². The average molecular weight is 219 g/mol. The molecule has 0 unspecified atom stereocenters. The molecule has 3 heteroatoms. The van der Waals surface area contributed by atoms with Gasteiger partial charge in [-0.05, 0) is 25.7 Å². The van der Waals surface area contributed by atoms with Crippen LogP contribution in [0, 0.1) is 0 Å². The first-order valence-electron chi connectivity index (χ1n) is 6.52. The Morgan fingerprint density at radius 2 is 2.00 bits per heavy atom. The van der Waals surface area contributed by atoms with Crippen molar-refractivity contribution in [3.05, 3.63) is 17.5 Å². The molecule has 2 N–H and O–H groups in total. The van der Waals surface area contributed by atoms with E-state index in [1.54, 1.807) is 0 Å². The lowest BCUT2D eigenvalue weighted by atomic mass is 9.84. The summed E-state index contributed by atoms with van der Waals surface area (Å²) in [6.07, 6.45) is 11.1. The first kappa shape index (κ1) is 10.3. The van der Waals surface area contributed by atoms with E-state index in [-0.39, 0.29) is 5.54 Å². The molecular weight excluding hydrogens is 198 g/mol. The van der Waals surface area contributed by atoms with Crippen LogP contribution in [0.4, 0.5) is 0 Å². The highest BCUT2D eigenvalue weighted by molar-refractivity contribution is 5.34. The monoisotopic (exact) mass is 219 g/mol. The van der Waals surface area contributed by atoms with Gasteiger partial charge in [0.2, 0.25) is 0 Å². The second-order valence-corrected chi connectivity index (χ2v) is 5.56. The number of hydrogen-bond acceptors (Lipinski definition) is 2. The van der Waals surface area contributed by atoms with Crippen molar-refractivity contribution in [2.24, 2.45) is 12.8 Å². The lowest BCUT2D eigenvalue weighted by molar-refractivity contribution is 0.419. The molecule has 1 heterocycles. The van der Waals surface area contributed by atoms with Gasteiger partial charge < -0.3 is 5.73 Å². The van der Waals surface area contributed by atoms with Crippen molar-refractivity contribution in [1.82, 2.24) is 9.78 Å². The molecule has 3 nitrogen and oxygen atoms in total. The summed E-state index contributed by atoms with van der Waals surface area (Å²) in [7, 11) is 2.07. The number of nitrogens with two attached hydrogens (primary N) is 1. The van der Waals surface area contributed by atoms with Gasteiger partial charge >= 0.3 is 0 Å². The van der Waals surface area contributed by atoms with Gasteiger partial charge in [-0.2, -0.15) is 5.10 Å². The highest BCUT2D eigenvalue weighted by Crippen LogP contribution is 2.47. The van der Waals surface area contributed by atoms with Crippen molar-refractivity contribution in [3.63, 3.8) is 0 Å². The van der Waals surface area contributed by atoms with Crippen LogP contribution in [0.1, 0.15) is 62.1 Å². The Labute approximate surface area is 97.0 Å². The topological polar surface area (TPSA) is 43.8 Å². The summed E-state index contributed by atoms with van der Waals surface area (Å²) >= 11 is 0. The van der Waals surface area contributed by atoms with Crippen LogP contribution in [0.5, 0.6) is 0 Å². The van der Waals surface area contributed by atoms with Gasteiger partial charge in [-0.15, -0.1) is 0 Å². The summed E-state index contributed by atoms with van der Waals surface area (Å²) in [5.74, 6) is 0.706. The fourth-order valence-corrected chi connectivity index (χ4v) is 3.09. The highest BCUT2D eigenvalue weighted by atomic mass is 15.3. The molecule has 2 saturated carbocycles. The maximum absolute atomic E-state index is 6.34. The van der Waals surface area contributed by atoms with Crippen LogP contribution in [0.2, 0.25) is 0 Å². The molecule has 2 aliphatic carbocycles. The molecule has 0 aliphatic heterocycles. The third kappa shape index (κ3) is 1.58. The van der Waals surface area contributed by atoms with E-state index in [0.717, 1.165) is 12.8 Å². The largest absolute Gasteiger partial charge is 0.321 e. The Balaban J connectivity index is 1.95. The number of aromatic nitrogens is 2. The third-order valence-electron chi connectivity index (χ3n) is 4.30. The summed E-state index contributed by atoms with van der Waals surface area (Å²) in [4.78, 5) is 0. The van der Waals surface area contributed by atoms with E-state index < -0.39 is 0 Å². The van der Waals surface area contributed by atoms with Gasteiger partial charge in [-0.25, -0.2) is 0 Å². The van der Waals surface area contributed by atoms with Gasteiger partial charge in [-0.3, -0.25) is 4.68 Å². The molecule has 1 aromatic heterocycles. The Bertz CT molecular complexity index is 384. The first-order valence-corrected chi connectivity index (χ1v) is 6.52. The second kappa shape index (κ2) is 3.59. The van der Waals surface area contributed by atoms with Crippen LogP contribution in [-0.2, 0) is 12.6 Å². The normalized spacial score (nSPS) is 24.6. The van der Waals surface area contributed by atoms with Crippen LogP contribution in [-0.4, -0.2) is 9.78 Å². The van der Waals surface area contributed by atoms with E-state index in [1.807, 2.05) is 6.20 Å². The molecule has 2 aliphatic rings. The zero-order chi connectivity index (χ0) is 11.2. The SMILES string of the molecule is Cn1ncc(C2(N)CC2)c1C1CCCCC1. The minimum atomic E-state index is -0.0267. The smallest absolute Gasteiger partial charge is 0.0543 e. The maximum Gasteiger partial charge on any atom is 0.0543 e. The zero-order valence-corrected chi connectivity index (χ0v) is 10.1. The molecule has 0 amide bonds. The van der Waals surface area contributed by atoms with Gasteiger partial charge in [0, 0.05) is 29.8 Å². The van der Waals surface area contributed by atoms with E-state index >= 15 is 0 Å². The van der Waals surface area contributed by atoms with E-state index in [9.17, 15) is 0 Å². The van der Waals surface area contributed by atoms with Gasteiger partial charge in [-0.1, -0.05) is 19.3 Å². The molecule has 0 atom stereocenters. The molecule has 0 bridgehead atoms. The van der Waals surface area contributed by atoms with E-state index in [1.165, 1.54) is 43.4 Å². The standard InChI is InChI=1S/C13H21N3/c1-16-12(10-5-3-2-4-6-10)11(9-15-16)13(14)7-8-13/h9-10H,2-8,14H2,1H3. The lowest BCUT2D eigenvalue weighted by Gasteiger charge is -2.24. The predicted molar refractivity (Wildman–Crippen MR) is 64.1 cm³/mol. The number of rotatable bonds is 2. The van der Waals surface area contributed by atoms with Gasteiger partial charge in [0.15, 0.2) is 0 Å². The van der Waals surface area contributed by atoms with Crippen molar-refractivity contribution in [3.8, 4) is 0 Å². The molecule has 0 radical (unpaired) electrons. The van der Waals surface area contributed by atoms with Crippen LogP contribution in [0.3, 0.4) is 0 Å². The summed E-state index contributed by atoms with van der Waals surface area (Å²) < 4.78 is 2.07. The molecular formula is C13H21N3. The van der Waals surface area contributed by atoms with Crippen LogP contribution in [0.25, 0.3) is 0 Å². The van der Waals surface area contributed by atoms with Crippen LogP contribution < -0.4 is 5.73 Å². The molecule has 88 valence electrons. The van der Waals surface area contributed by atoms with Crippen LogP contribution >= 0.6 is 0 Å². The Morgan fingerprint density at radius 1 is 1.31 bits per heavy atom. The van der Waals surface area contributed by atoms with Crippen LogP contribution in [0.15, 0.2) is 6.20 Å². The summed E-state index contributed by atoms with van der Waals surface area (Å²) in [5.41, 5.74) is 9.07. The fraction of sp³-hybridized carbons (Fsp3) is 0.769. The average Bonchev–Trinajstić information content (AvgIpc) is 2.91. The summed E-state index contributed by atoms with van der Waals surface area (Å²) in [6.45, 7) is 0. The second-order valence-electron chi connectivity index (χ2n) is 5.56. The summed E-state index contributed by atoms with van der Waals surface area (Å²) in [6, 6.07) is 0. The predicted octanol–water partition coefficient (Wildman–Crippen LogP) is 2.42. The van der Waals surface area contributed by atoms with Crippen molar-refractivity contribution in [2.75, 3.05) is 0 Å². The van der Waals surface area contributed by atoms with Crippen molar-refractivity contribution < 1.29 is 0 Å². The van der Waals surface area contributed by atoms with Gasteiger partial charge in [0.1, 0.15) is 0 Å². The van der Waals surface area contributed by atoms with E-state index in [4.69, 9.17) is 5.73 Å². The molecule has 0 spiro atoms. The quantitative estimate of drug-likeness (QED) is 0.830. The zero-order valence-electron chi connectivity index (χ0n) is 10.1. The number of nitrogens with zero attached hydrogens (tertiary/aromatic N) is 2. The molecule has 2 fully saturated rings. The molecule has 16 heavy (non-hydrogen) atoms. The van der Waals surface area contributed by atoms with E-state index in [0.29, 0.717) is 5.92 Å². The third-order valence-corrected chi connectivity index (χ3v) is 4.30. The Morgan fingerprint density at radius 3 is 2.62 bits per heavy atom. The lowest BCUT2D eigenvalue weighted by Crippen LogP contribution is -2.22. The fourth-order valence-electron chi connectivity index (χ4n) is 3.09. The van der Waals surface area contributed by atoms with E-state index in [2.05, 4.69) is 16.8 Å². The molecule has 0 aromatic carbocycles. The number of aryl methyl sites for hydroxylation is 1. The summed E-state index contributed by atoms with van der Waals surface area (Å²) in [5, 5.41) is 4.43. The minimum Gasteiger partial charge on any atom is -0.321 e. The maximum atomic E-state index is 6.34. The van der Waals surface area contributed by atoms with Crippen molar-refractivity contribution >= 4 is 0 Å². The number of hydrogen-bond donors (Lipinski definition) is 1.